The van der Waals surface area contributed by atoms with E-state index in [1.54, 1.807) is 0 Å². The molecule has 0 aliphatic rings. The summed E-state index contributed by atoms with van der Waals surface area (Å²) in [4.78, 5) is 38.6. The van der Waals surface area contributed by atoms with Crippen molar-refractivity contribution in [3.63, 3.8) is 0 Å². The van der Waals surface area contributed by atoms with E-state index in [-0.39, 0.29) is 11.9 Å². The third-order valence-corrected chi connectivity index (χ3v) is 9.70. The highest BCUT2D eigenvalue weighted by atomic mass is 32.2. The number of hydrogen-bond donors (Lipinski definition) is 4. The van der Waals surface area contributed by atoms with Gasteiger partial charge in [0.15, 0.2) is 0 Å². The molecule has 14 nitrogen and oxygen atoms in total. The Kier molecular flexibility index (Phi) is 11.0. The van der Waals surface area contributed by atoms with Gasteiger partial charge < -0.3 is 10.6 Å². The fraction of sp³-hybridized carbons (Fsp3) is 0.267. The number of rotatable bonds is 13. The minimum absolute atomic E-state index is 0.348. The monoisotopic (exact) mass is 810 g/mol. The van der Waals surface area contributed by atoms with Crippen LogP contribution >= 0.6 is 0 Å². The first-order valence-corrected chi connectivity index (χ1v) is 17.7. The maximum absolute atomic E-state index is 14.6. The summed E-state index contributed by atoms with van der Waals surface area (Å²) in [5.41, 5.74) is -0.157. The van der Waals surface area contributed by atoms with E-state index >= 15 is 0 Å². The van der Waals surface area contributed by atoms with Gasteiger partial charge in [-0.3, -0.25) is 9.59 Å². The summed E-state index contributed by atoms with van der Waals surface area (Å²) in [6.07, 6.45) is 0. The summed E-state index contributed by atoms with van der Waals surface area (Å²) in [6, 6.07) is 8.15. The molecule has 0 aliphatic heterocycles. The zero-order valence-electron chi connectivity index (χ0n) is 27.9. The molecule has 4 aromatic rings. The molecule has 0 unspecified atom stereocenters. The molecular formula is C30H26F8N8O6S2. The number of carbonyl (C=O) groups excluding carboxylic acids is 2. The van der Waals surface area contributed by atoms with Gasteiger partial charge in [-0.1, -0.05) is 0 Å². The van der Waals surface area contributed by atoms with Crippen molar-refractivity contribution in [1.29, 1.82) is 0 Å². The summed E-state index contributed by atoms with van der Waals surface area (Å²) in [7, 11) is -8.89. The molecule has 0 bridgehead atoms. The Labute approximate surface area is 300 Å². The molecule has 0 radical (unpaired) electrons. The number of aryl methyl sites for hydroxylation is 4. The van der Waals surface area contributed by atoms with Crippen molar-refractivity contribution in [1.82, 2.24) is 19.9 Å². The van der Waals surface area contributed by atoms with Crippen molar-refractivity contribution in [2.75, 3.05) is 20.1 Å². The highest BCUT2D eigenvalue weighted by Gasteiger charge is 2.84. The van der Waals surface area contributed by atoms with Gasteiger partial charge in [-0.2, -0.15) is 35.1 Å². The van der Waals surface area contributed by atoms with Crippen molar-refractivity contribution in [3.8, 4) is 0 Å². The van der Waals surface area contributed by atoms with Gasteiger partial charge in [-0.15, -0.1) is 0 Å². The summed E-state index contributed by atoms with van der Waals surface area (Å²) in [5.74, 6) is -34.8. The second kappa shape index (κ2) is 14.4. The van der Waals surface area contributed by atoms with Crippen LogP contribution in [0, 0.1) is 27.7 Å². The fourth-order valence-electron chi connectivity index (χ4n) is 4.43. The van der Waals surface area contributed by atoms with Crippen molar-refractivity contribution in [2.24, 2.45) is 0 Å². The number of anilines is 4. The van der Waals surface area contributed by atoms with Gasteiger partial charge in [-0.05, 0) is 88.4 Å². The van der Waals surface area contributed by atoms with E-state index in [9.17, 15) is 61.5 Å². The molecule has 2 heterocycles. The zero-order chi connectivity index (χ0) is 40.7. The van der Waals surface area contributed by atoms with Crippen molar-refractivity contribution in [2.45, 2.75) is 61.2 Å². The van der Waals surface area contributed by atoms with Gasteiger partial charge in [0, 0.05) is 34.2 Å². The van der Waals surface area contributed by atoms with Crippen molar-refractivity contribution in [3.05, 3.63) is 83.4 Å². The number of benzene rings is 2. The average Bonchev–Trinajstić information content (AvgIpc) is 3.03. The molecule has 2 amide bonds. The number of amides is 2. The molecule has 2 aromatic heterocycles. The molecule has 290 valence electrons. The largest absolute Gasteiger partial charge is 0.393 e. The molecule has 0 fully saturated rings. The molecule has 2 aromatic carbocycles. The average molecular weight is 811 g/mol. The molecule has 4 N–H and O–H groups in total. The Balaban J connectivity index is 1.46. The van der Waals surface area contributed by atoms with Gasteiger partial charge in [-0.25, -0.2) is 46.2 Å². The van der Waals surface area contributed by atoms with Crippen LogP contribution in [0.1, 0.15) is 22.8 Å². The van der Waals surface area contributed by atoms with E-state index in [4.69, 9.17) is 0 Å². The quantitative estimate of drug-likeness (QED) is 0.130. The van der Waals surface area contributed by atoms with Crippen LogP contribution in [0.3, 0.4) is 0 Å². The molecule has 0 spiro atoms. The van der Waals surface area contributed by atoms with Crippen LogP contribution in [0.5, 0.6) is 0 Å². The van der Waals surface area contributed by atoms with Crippen molar-refractivity contribution < 1.29 is 61.5 Å². The topological polar surface area (TPSA) is 202 Å². The highest BCUT2D eigenvalue weighted by molar-refractivity contribution is 7.93. The van der Waals surface area contributed by atoms with Crippen LogP contribution in [0.25, 0.3) is 0 Å². The first-order valence-electron chi connectivity index (χ1n) is 14.7. The van der Waals surface area contributed by atoms with Crippen LogP contribution in [0.4, 0.5) is 58.4 Å². The van der Waals surface area contributed by atoms with Crippen LogP contribution in [-0.4, -0.2) is 72.3 Å². The number of carbonyl (C=O) groups is 2. The molecular weight excluding hydrogens is 784 g/mol. The Morgan fingerprint density at radius 1 is 0.500 bits per heavy atom. The van der Waals surface area contributed by atoms with Gasteiger partial charge in [0.25, 0.3) is 20.0 Å². The number of nitrogens with zero attached hydrogens (tertiary/aromatic N) is 4. The summed E-state index contributed by atoms with van der Waals surface area (Å²) >= 11 is 0. The van der Waals surface area contributed by atoms with Gasteiger partial charge in [0.2, 0.25) is 11.9 Å². The van der Waals surface area contributed by atoms with Crippen LogP contribution in [0.2, 0.25) is 0 Å². The summed E-state index contributed by atoms with van der Waals surface area (Å²) in [6.45, 7) is 6.15. The maximum atomic E-state index is 14.6. The van der Waals surface area contributed by atoms with E-state index in [0.29, 0.717) is 71.3 Å². The Morgan fingerprint density at radius 3 is 1.02 bits per heavy atom. The van der Waals surface area contributed by atoms with E-state index in [2.05, 4.69) is 19.9 Å². The Bertz CT molecular complexity index is 2110. The molecule has 0 saturated carbocycles. The molecule has 4 rings (SSSR count). The third-order valence-electron chi connectivity index (χ3n) is 7.01. The minimum atomic E-state index is -7.23. The lowest BCUT2D eigenvalue weighted by atomic mass is 9.97. The standard InChI is InChI=1S/C30H26F8N8O6S2/c1-15-13-16(2)40-25(39-15)45-53(49,50)21-9-5-19(6-10-21)43-23(47)27(31,32)29(35,36)30(37,38)28(33,34)24(48)44-20-7-11-22(12-8-20)54(51,52)46-26-41-17(3)14-18(4)42-26/h5-14H,1-4H3,(H,43,47)(H,44,48)(H,39,40,45)(H,41,42,46). The molecule has 54 heavy (non-hydrogen) atoms. The van der Waals surface area contributed by atoms with Crippen molar-refractivity contribution >= 4 is 55.1 Å². The minimum Gasteiger partial charge on any atom is -0.321 e. The predicted molar refractivity (Wildman–Crippen MR) is 175 cm³/mol. The van der Waals surface area contributed by atoms with Crippen LogP contribution in [0.15, 0.2) is 70.5 Å². The zero-order valence-corrected chi connectivity index (χ0v) is 29.5. The second-order valence-electron chi connectivity index (χ2n) is 11.4. The molecule has 24 heteroatoms. The van der Waals surface area contributed by atoms with Gasteiger partial charge in [0.05, 0.1) is 9.79 Å². The number of sulfonamides is 2. The fourth-order valence-corrected chi connectivity index (χ4v) is 6.32. The van der Waals surface area contributed by atoms with Crippen LogP contribution in [-0.2, 0) is 29.6 Å². The summed E-state index contributed by atoms with van der Waals surface area (Å²) in [5, 5.41) is 2.23. The molecule has 0 saturated heterocycles. The van der Waals surface area contributed by atoms with E-state index in [0.717, 1.165) is 10.6 Å². The van der Waals surface area contributed by atoms with E-state index in [1.807, 2.05) is 9.44 Å². The van der Waals surface area contributed by atoms with Gasteiger partial charge >= 0.3 is 35.5 Å². The number of hydrogen-bond acceptors (Lipinski definition) is 10. The van der Waals surface area contributed by atoms with Gasteiger partial charge in [0.1, 0.15) is 0 Å². The van der Waals surface area contributed by atoms with Crippen LogP contribution < -0.4 is 20.1 Å². The second-order valence-corrected chi connectivity index (χ2v) is 14.8. The summed E-state index contributed by atoms with van der Waals surface area (Å²) < 4.78 is 172. The number of halogens is 8. The number of nitrogens with one attached hydrogen (secondary N) is 4. The Morgan fingerprint density at radius 2 is 0.759 bits per heavy atom. The maximum Gasteiger partial charge on any atom is 0.393 e. The first kappa shape index (κ1) is 41.2. The third kappa shape index (κ3) is 8.32. The number of aromatic nitrogens is 4. The number of alkyl halides is 8. The highest BCUT2D eigenvalue weighted by Crippen LogP contribution is 2.53. The predicted octanol–water partition coefficient (Wildman–Crippen LogP) is 5.22. The lowest BCUT2D eigenvalue weighted by Crippen LogP contribution is -2.67. The van der Waals surface area contributed by atoms with E-state index in [1.165, 1.54) is 39.8 Å². The first-order chi connectivity index (χ1) is 24.7. The normalized spacial score (nSPS) is 12.9. The molecule has 0 atom stereocenters. The lowest BCUT2D eigenvalue weighted by Gasteiger charge is -2.35. The molecule has 0 aliphatic carbocycles. The smallest absolute Gasteiger partial charge is 0.321 e. The Hall–Kier alpha value is -5.52. The SMILES string of the molecule is Cc1cc(C)nc(NS(=O)(=O)c2ccc(NC(=O)C(F)(F)C(F)(F)C(F)(F)C(F)(F)C(=O)Nc3ccc(S(=O)(=O)Nc4nc(C)cc(C)n4)cc3)cc2)n1. The van der Waals surface area contributed by atoms with E-state index < -0.39 is 76.7 Å². The lowest BCUT2D eigenvalue weighted by molar-refractivity contribution is -0.345.